The van der Waals surface area contributed by atoms with E-state index in [-0.39, 0.29) is 0 Å². The summed E-state index contributed by atoms with van der Waals surface area (Å²) >= 11 is 0. The molecule has 1 aliphatic carbocycles. The van der Waals surface area contributed by atoms with Gasteiger partial charge in [0.1, 0.15) is 0 Å². The number of hydrogen-bond donors (Lipinski definition) is 1. The summed E-state index contributed by atoms with van der Waals surface area (Å²) in [5, 5.41) is 3.57. The van der Waals surface area contributed by atoms with E-state index in [0.717, 1.165) is 37.7 Å². The number of likely N-dealkylation sites (tertiary alicyclic amines) is 1. The van der Waals surface area contributed by atoms with Gasteiger partial charge in [0.05, 0.1) is 6.61 Å². The molecule has 0 amide bonds. The maximum Gasteiger partial charge on any atom is 0.0587 e. The molecule has 1 saturated carbocycles. The number of methoxy groups -OCH3 is 1. The molecule has 3 heteroatoms. The molecular weight excluding hydrogens is 236 g/mol. The SMILES string of the molecule is COCCNCC1CCCCN1C1CCCC(C)C1. The van der Waals surface area contributed by atoms with Crippen LogP contribution < -0.4 is 5.32 Å². The maximum atomic E-state index is 5.11. The van der Waals surface area contributed by atoms with E-state index in [1.807, 2.05) is 0 Å². The first-order valence-corrected chi connectivity index (χ1v) is 8.26. The number of nitrogens with zero attached hydrogens (tertiary/aromatic N) is 1. The summed E-state index contributed by atoms with van der Waals surface area (Å²) in [5.74, 6) is 0.933. The summed E-state index contributed by atoms with van der Waals surface area (Å²) in [7, 11) is 1.78. The molecule has 19 heavy (non-hydrogen) atoms. The Kier molecular flexibility index (Phi) is 6.62. The third-order valence-electron chi connectivity index (χ3n) is 4.91. The predicted molar refractivity (Wildman–Crippen MR) is 80.5 cm³/mol. The molecule has 0 aromatic rings. The first-order chi connectivity index (χ1) is 9.31. The molecule has 0 bridgehead atoms. The fraction of sp³-hybridized carbons (Fsp3) is 1.00. The van der Waals surface area contributed by atoms with Gasteiger partial charge in [-0.25, -0.2) is 0 Å². The van der Waals surface area contributed by atoms with Gasteiger partial charge < -0.3 is 10.1 Å². The van der Waals surface area contributed by atoms with E-state index < -0.39 is 0 Å². The van der Waals surface area contributed by atoms with Crippen LogP contribution in [0, 0.1) is 5.92 Å². The Morgan fingerprint density at radius 3 is 2.84 bits per heavy atom. The topological polar surface area (TPSA) is 24.5 Å². The highest BCUT2D eigenvalue weighted by molar-refractivity contribution is 4.87. The smallest absolute Gasteiger partial charge is 0.0587 e. The van der Waals surface area contributed by atoms with Crippen LogP contribution >= 0.6 is 0 Å². The van der Waals surface area contributed by atoms with E-state index >= 15 is 0 Å². The fourth-order valence-corrected chi connectivity index (χ4v) is 3.87. The number of piperidine rings is 1. The molecular formula is C16H32N2O. The average Bonchev–Trinajstić information content (AvgIpc) is 2.44. The van der Waals surface area contributed by atoms with Crippen molar-refractivity contribution in [3.05, 3.63) is 0 Å². The van der Waals surface area contributed by atoms with Gasteiger partial charge in [-0.1, -0.05) is 26.2 Å². The van der Waals surface area contributed by atoms with E-state index in [2.05, 4.69) is 17.1 Å². The van der Waals surface area contributed by atoms with E-state index in [4.69, 9.17) is 4.74 Å². The van der Waals surface area contributed by atoms with E-state index in [1.54, 1.807) is 7.11 Å². The second-order valence-electron chi connectivity index (χ2n) is 6.51. The minimum atomic E-state index is 0.765. The summed E-state index contributed by atoms with van der Waals surface area (Å²) in [6.07, 6.45) is 9.93. The van der Waals surface area contributed by atoms with Gasteiger partial charge in [-0.15, -0.1) is 0 Å². The molecule has 0 radical (unpaired) electrons. The first-order valence-electron chi connectivity index (χ1n) is 8.26. The van der Waals surface area contributed by atoms with Crippen LogP contribution in [0.2, 0.25) is 0 Å². The van der Waals surface area contributed by atoms with Crippen LogP contribution in [0.4, 0.5) is 0 Å². The Bertz CT molecular complexity index is 247. The zero-order valence-corrected chi connectivity index (χ0v) is 12.9. The quantitative estimate of drug-likeness (QED) is 0.750. The van der Waals surface area contributed by atoms with Crippen molar-refractivity contribution in [1.29, 1.82) is 0 Å². The Morgan fingerprint density at radius 2 is 2.05 bits per heavy atom. The third-order valence-corrected chi connectivity index (χ3v) is 4.91. The lowest BCUT2D eigenvalue weighted by Crippen LogP contribution is -2.51. The minimum Gasteiger partial charge on any atom is -0.383 e. The van der Waals surface area contributed by atoms with E-state index in [0.29, 0.717) is 0 Å². The van der Waals surface area contributed by atoms with E-state index in [9.17, 15) is 0 Å². The molecule has 0 spiro atoms. The second-order valence-corrected chi connectivity index (χ2v) is 6.51. The molecule has 3 nitrogen and oxygen atoms in total. The van der Waals surface area contributed by atoms with Gasteiger partial charge in [-0.3, -0.25) is 4.90 Å². The molecule has 1 N–H and O–H groups in total. The molecule has 2 rings (SSSR count). The summed E-state index contributed by atoms with van der Waals surface area (Å²) in [4.78, 5) is 2.83. The molecule has 112 valence electrons. The Balaban J connectivity index is 1.80. The predicted octanol–water partition coefficient (Wildman–Crippen LogP) is 2.66. The highest BCUT2D eigenvalue weighted by atomic mass is 16.5. The van der Waals surface area contributed by atoms with Gasteiger partial charge in [0.15, 0.2) is 0 Å². The first kappa shape index (κ1) is 15.3. The van der Waals surface area contributed by atoms with Crippen LogP contribution in [-0.2, 0) is 4.74 Å². The number of rotatable bonds is 6. The van der Waals surface area contributed by atoms with Gasteiger partial charge in [-0.2, -0.15) is 0 Å². The zero-order valence-electron chi connectivity index (χ0n) is 12.9. The van der Waals surface area contributed by atoms with Crippen molar-refractivity contribution in [3.8, 4) is 0 Å². The summed E-state index contributed by atoms with van der Waals surface area (Å²) in [5.41, 5.74) is 0. The highest BCUT2D eigenvalue weighted by Gasteiger charge is 2.31. The van der Waals surface area contributed by atoms with Crippen molar-refractivity contribution in [2.24, 2.45) is 5.92 Å². The molecule has 1 saturated heterocycles. The fourth-order valence-electron chi connectivity index (χ4n) is 3.87. The minimum absolute atomic E-state index is 0.765. The van der Waals surface area contributed by atoms with Crippen molar-refractivity contribution in [2.75, 3.05) is 33.4 Å². The average molecular weight is 268 g/mol. The molecule has 2 aliphatic rings. The molecule has 2 fully saturated rings. The van der Waals surface area contributed by atoms with Crippen LogP contribution in [0.1, 0.15) is 51.9 Å². The second kappa shape index (κ2) is 8.23. The standard InChI is InChI=1S/C16H32N2O/c1-14-6-5-8-15(12-14)18-10-4-3-7-16(18)13-17-9-11-19-2/h14-17H,3-13H2,1-2H3. The van der Waals surface area contributed by atoms with Gasteiger partial charge >= 0.3 is 0 Å². The number of nitrogens with one attached hydrogen (secondary N) is 1. The zero-order chi connectivity index (χ0) is 13.5. The van der Waals surface area contributed by atoms with Crippen molar-refractivity contribution in [3.63, 3.8) is 0 Å². The lowest BCUT2D eigenvalue weighted by atomic mass is 9.84. The van der Waals surface area contributed by atoms with Crippen molar-refractivity contribution in [1.82, 2.24) is 10.2 Å². The van der Waals surface area contributed by atoms with Crippen LogP contribution in [0.3, 0.4) is 0 Å². The monoisotopic (exact) mass is 268 g/mol. The van der Waals surface area contributed by atoms with Crippen LogP contribution in [0.25, 0.3) is 0 Å². The molecule has 1 heterocycles. The maximum absolute atomic E-state index is 5.11. The molecule has 1 aliphatic heterocycles. The van der Waals surface area contributed by atoms with Crippen LogP contribution in [-0.4, -0.2) is 50.3 Å². The van der Waals surface area contributed by atoms with Crippen molar-refractivity contribution in [2.45, 2.75) is 64.0 Å². The molecule has 3 atom stereocenters. The Morgan fingerprint density at radius 1 is 1.16 bits per heavy atom. The van der Waals surface area contributed by atoms with Crippen molar-refractivity contribution < 1.29 is 4.74 Å². The van der Waals surface area contributed by atoms with Gasteiger partial charge in [0.2, 0.25) is 0 Å². The Labute approximate surface area is 119 Å². The normalized spacial score (nSPS) is 33.5. The molecule has 0 aromatic heterocycles. The summed E-state index contributed by atoms with van der Waals surface area (Å²) in [6, 6.07) is 1.62. The van der Waals surface area contributed by atoms with Gasteiger partial charge in [0.25, 0.3) is 0 Å². The van der Waals surface area contributed by atoms with E-state index in [1.165, 1.54) is 51.5 Å². The number of hydrogen-bond acceptors (Lipinski definition) is 3. The summed E-state index contributed by atoms with van der Waals surface area (Å²) in [6.45, 7) is 6.72. The third kappa shape index (κ3) is 4.73. The van der Waals surface area contributed by atoms with Crippen molar-refractivity contribution >= 4 is 0 Å². The molecule has 0 aromatic carbocycles. The molecule has 3 unspecified atom stereocenters. The van der Waals surface area contributed by atoms with Gasteiger partial charge in [0, 0.05) is 32.3 Å². The lowest BCUT2D eigenvalue weighted by molar-refractivity contribution is 0.0596. The van der Waals surface area contributed by atoms with Crippen LogP contribution in [0.15, 0.2) is 0 Å². The Hall–Kier alpha value is -0.120. The highest BCUT2D eigenvalue weighted by Crippen LogP contribution is 2.31. The number of ether oxygens (including phenoxy) is 1. The lowest BCUT2D eigenvalue weighted by Gasteiger charge is -2.44. The van der Waals surface area contributed by atoms with Crippen LogP contribution in [0.5, 0.6) is 0 Å². The van der Waals surface area contributed by atoms with Gasteiger partial charge in [-0.05, 0) is 38.1 Å². The summed E-state index contributed by atoms with van der Waals surface area (Å²) < 4.78 is 5.11. The largest absolute Gasteiger partial charge is 0.383 e.